The molecule has 1 fully saturated rings. The Bertz CT molecular complexity index is 1100. The average molecular weight is 455 g/mol. The molecule has 1 aliphatic rings. The van der Waals surface area contributed by atoms with Crippen LogP contribution in [-0.4, -0.2) is 94.5 Å². The van der Waals surface area contributed by atoms with Crippen molar-refractivity contribution in [3.63, 3.8) is 0 Å². The molecule has 159 valence electrons. The van der Waals surface area contributed by atoms with Crippen molar-refractivity contribution >= 4 is 56.9 Å². The molecule has 0 amide bonds. The van der Waals surface area contributed by atoms with Crippen molar-refractivity contribution < 1.29 is 51.2 Å². The van der Waals surface area contributed by atoms with Crippen LogP contribution in [0.25, 0.3) is 11.0 Å². The molecular weight excluding hydrogens is 439 g/mol. The van der Waals surface area contributed by atoms with E-state index >= 15 is 0 Å². The molecule has 5 atom stereocenters. The Morgan fingerprint density at radius 1 is 1.17 bits per heavy atom. The number of aryl methyl sites for hydroxylation is 1. The maximum absolute atomic E-state index is 11.5. The van der Waals surface area contributed by atoms with Crippen LogP contribution in [-0.2, 0) is 24.1 Å². The van der Waals surface area contributed by atoms with Gasteiger partial charge >= 0.3 is 22.0 Å². The molecular formula is C16H16NaO12S. The molecule has 12 nitrogen and oxygen atoms in total. The van der Waals surface area contributed by atoms with E-state index in [1.165, 1.54) is 24.3 Å². The van der Waals surface area contributed by atoms with Crippen LogP contribution in [0.4, 0.5) is 0 Å². The minimum absolute atomic E-state index is 0. The standard InChI is InChI=1S/C16H16O12S.Na/c1-6-4-10(17)26-9-5-7(2-3-8(6)9)25-16-14(28-29(22,23)24)12(19)11(18)13(27-16)15(20)21;/h2-5,11-14,16,18-19H,1H3,(H,20,21)(H,22,23,24);. The number of hydrogen-bond donors (Lipinski definition) is 4. The number of hydrogen-bond acceptors (Lipinski definition) is 10. The molecule has 0 saturated carbocycles. The van der Waals surface area contributed by atoms with Gasteiger partial charge in [-0.15, -0.1) is 0 Å². The Hall–Kier alpha value is -1.55. The second-order valence-corrected chi connectivity index (χ2v) is 7.31. The summed E-state index contributed by atoms with van der Waals surface area (Å²) in [5.74, 6) is -1.72. The third-order valence-corrected chi connectivity index (χ3v) is 4.66. The second kappa shape index (κ2) is 9.30. The minimum atomic E-state index is -5.13. The monoisotopic (exact) mass is 455 g/mol. The minimum Gasteiger partial charge on any atom is -0.479 e. The zero-order valence-corrected chi connectivity index (χ0v) is 18.5. The fourth-order valence-corrected chi connectivity index (χ4v) is 3.38. The first-order valence-electron chi connectivity index (χ1n) is 8.07. The molecule has 1 aromatic heterocycles. The quantitative estimate of drug-likeness (QED) is 0.240. The second-order valence-electron chi connectivity index (χ2n) is 6.26. The van der Waals surface area contributed by atoms with Crippen molar-refractivity contribution in [3.8, 4) is 5.75 Å². The number of benzene rings is 1. The maximum Gasteiger partial charge on any atom is 0.397 e. The fraction of sp³-hybridized carbons (Fsp3) is 0.375. The third kappa shape index (κ3) is 5.38. The summed E-state index contributed by atoms with van der Waals surface area (Å²) in [5.41, 5.74) is 0.109. The summed E-state index contributed by atoms with van der Waals surface area (Å²) in [7, 11) is -5.13. The van der Waals surface area contributed by atoms with Crippen LogP contribution >= 0.6 is 0 Å². The van der Waals surface area contributed by atoms with E-state index in [1.54, 1.807) is 6.92 Å². The first-order valence-corrected chi connectivity index (χ1v) is 9.44. The van der Waals surface area contributed by atoms with E-state index in [0.29, 0.717) is 10.9 Å². The molecule has 1 aromatic carbocycles. The average Bonchev–Trinajstić information content (AvgIpc) is 2.59. The van der Waals surface area contributed by atoms with Gasteiger partial charge < -0.3 is 29.2 Å². The van der Waals surface area contributed by atoms with E-state index in [1.807, 2.05) is 0 Å². The van der Waals surface area contributed by atoms with Gasteiger partial charge in [0.25, 0.3) is 0 Å². The third-order valence-electron chi connectivity index (χ3n) is 4.20. The molecule has 2 heterocycles. The van der Waals surface area contributed by atoms with E-state index in [4.69, 9.17) is 23.6 Å². The molecule has 14 heteroatoms. The van der Waals surface area contributed by atoms with Crippen molar-refractivity contribution in [1.29, 1.82) is 0 Å². The molecule has 1 radical (unpaired) electrons. The van der Waals surface area contributed by atoms with Gasteiger partial charge in [-0.1, -0.05) is 0 Å². The summed E-state index contributed by atoms with van der Waals surface area (Å²) in [4.78, 5) is 22.8. The van der Waals surface area contributed by atoms with Crippen LogP contribution in [0.5, 0.6) is 5.75 Å². The molecule has 0 bridgehead atoms. The molecule has 4 N–H and O–H groups in total. The van der Waals surface area contributed by atoms with E-state index in [-0.39, 0.29) is 40.9 Å². The number of aliphatic hydroxyl groups excluding tert-OH is 2. The smallest absolute Gasteiger partial charge is 0.397 e. The van der Waals surface area contributed by atoms with Gasteiger partial charge in [-0.3, -0.25) is 4.55 Å². The predicted octanol–water partition coefficient (Wildman–Crippen LogP) is -1.18. The molecule has 0 aliphatic carbocycles. The Morgan fingerprint density at radius 2 is 1.83 bits per heavy atom. The van der Waals surface area contributed by atoms with Gasteiger partial charge in [0.2, 0.25) is 6.29 Å². The first kappa shape index (κ1) is 24.7. The van der Waals surface area contributed by atoms with Gasteiger partial charge in [-0.05, 0) is 24.6 Å². The Labute approximate surface area is 191 Å². The number of carbonyl (C=O) groups is 1. The number of ether oxygens (including phenoxy) is 2. The zero-order valence-electron chi connectivity index (χ0n) is 15.7. The summed E-state index contributed by atoms with van der Waals surface area (Å²) in [6, 6.07) is 5.43. The molecule has 2 aromatic rings. The van der Waals surface area contributed by atoms with Crippen molar-refractivity contribution in [2.75, 3.05) is 0 Å². The van der Waals surface area contributed by atoms with Crippen LogP contribution in [0.3, 0.4) is 0 Å². The van der Waals surface area contributed by atoms with Crippen LogP contribution in [0.1, 0.15) is 5.56 Å². The van der Waals surface area contributed by atoms with Crippen LogP contribution in [0.15, 0.2) is 33.5 Å². The van der Waals surface area contributed by atoms with Gasteiger partial charge in [0.1, 0.15) is 23.5 Å². The molecule has 30 heavy (non-hydrogen) atoms. The van der Waals surface area contributed by atoms with Gasteiger partial charge in [0.15, 0.2) is 12.2 Å². The number of aliphatic carboxylic acids is 1. The van der Waals surface area contributed by atoms with Crippen molar-refractivity contribution in [1.82, 2.24) is 0 Å². The normalized spacial score (nSPS) is 26.7. The fourth-order valence-electron chi connectivity index (χ4n) is 2.89. The van der Waals surface area contributed by atoms with E-state index in [2.05, 4.69) is 4.18 Å². The predicted molar refractivity (Wildman–Crippen MR) is 98.3 cm³/mol. The Balaban J connectivity index is 0.00000320. The molecule has 1 aliphatic heterocycles. The molecule has 1 saturated heterocycles. The number of carboxylic acids is 1. The Kier molecular flexibility index (Phi) is 7.66. The van der Waals surface area contributed by atoms with Crippen LogP contribution in [0.2, 0.25) is 0 Å². The number of carboxylic acid groups (broad SMARTS) is 1. The van der Waals surface area contributed by atoms with Gasteiger partial charge in [0.05, 0.1) is 0 Å². The number of rotatable bonds is 5. The summed E-state index contributed by atoms with van der Waals surface area (Å²) < 4.78 is 50.8. The van der Waals surface area contributed by atoms with E-state index in [9.17, 15) is 28.2 Å². The number of fused-ring (bicyclic) bond motifs is 1. The zero-order chi connectivity index (χ0) is 21.5. The molecule has 3 rings (SSSR count). The molecule has 5 unspecified atom stereocenters. The first-order chi connectivity index (χ1) is 13.5. The summed E-state index contributed by atoms with van der Waals surface area (Å²) in [6.07, 6.45) is -10.0. The molecule has 0 spiro atoms. The Morgan fingerprint density at radius 3 is 2.43 bits per heavy atom. The van der Waals surface area contributed by atoms with Crippen LogP contribution < -0.4 is 10.4 Å². The van der Waals surface area contributed by atoms with Crippen molar-refractivity contribution in [2.45, 2.75) is 37.6 Å². The van der Waals surface area contributed by atoms with Gasteiger partial charge in [-0.25, -0.2) is 13.8 Å². The summed E-state index contributed by atoms with van der Waals surface area (Å²) in [6.45, 7) is 1.68. The van der Waals surface area contributed by atoms with Gasteiger partial charge in [-0.2, -0.15) is 8.42 Å². The van der Waals surface area contributed by atoms with Gasteiger partial charge in [0, 0.05) is 47.1 Å². The van der Waals surface area contributed by atoms with E-state index in [0.717, 1.165) is 0 Å². The van der Waals surface area contributed by atoms with Crippen LogP contribution in [0, 0.1) is 6.92 Å². The summed E-state index contributed by atoms with van der Waals surface area (Å²) in [5, 5.41) is 29.6. The van der Waals surface area contributed by atoms with E-state index < -0.39 is 52.7 Å². The maximum atomic E-state index is 11.5. The van der Waals surface area contributed by atoms with Crippen molar-refractivity contribution in [2.24, 2.45) is 0 Å². The SMILES string of the molecule is Cc1cc(=O)oc2cc(OC3OC(C(=O)O)C(O)C(O)C3OS(=O)(=O)O)ccc12.[Na]. The van der Waals surface area contributed by atoms with Crippen molar-refractivity contribution in [3.05, 3.63) is 40.2 Å². The number of aliphatic hydroxyl groups is 2. The largest absolute Gasteiger partial charge is 0.479 e. The topological polar surface area (TPSA) is 190 Å². The summed E-state index contributed by atoms with van der Waals surface area (Å²) >= 11 is 0.